The molecule has 0 bridgehead atoms. The van der Waals surface area contributed by atoms with Crippen molar-refractivity contribution in [1.29, 1.82) is 0 Å². The van der Waals surface area contributed by atoms with Gasteiger partial charge < -0.3 is 5.21 Å². The molecule has 1 N–H and O–H groups in total. The molecule has 0 amide bonds. The highest BCUT2D eigenvalue weighted by Crippen LogP contribution is 2.22. The van der Waals surface area contributed by atoms with E-state index in [1.54, 1.807) is 6.07 Å². The Morgan fingerprint density at radius 2 is 1.88 bits per heavy atom. The zero-order valence-corrected chi connectivity index (χ0v) is 11.2. The molecule has 0 saturated carbocycles. The number of rotatable bonds is 7. The minimum Gasteiger partial charge on any atom is -0.411 e. The number of benzene rings is 1. The molecule has 1 rings (SSSR count). The molecule has 0 aliphatic rings. The largest absolute Gasteiger partial charge is 0.411 e. The molecule has 94 valence electrons. The second-order valence-electron chi connectivity index (χ2n) is 3.99. The molecule has 0 heterocycles. The van der Waals surface area contributed by atoms with Gasteiger partial charge in [-0.3, -0.25) is 0 Å². The van der Waals surface area contributed by atoms with Crippen LogP contribution in [0.5, 0.6) is 0 Å². The van der Waals surface area contributed by atoms with Crippen LogP contribution in [-0.4, -0.2) is 11.4 Å². The van der Waals surface area contributed by atoms with E-state index in [0.717, 1.165) is 49.1 Å². The number of aryl methyl sites for hydroxylation is 1. The molecule has 0 radical (unpaired) electrons. The molecule has 17 heavy (non-hydrogen) atoms. The molecule has 0 aliphatic heterocycles. The van der Waals surface area contributed by atoms with E-state index in [1.165, 1.54) is 6.21 Å². The van der Waals surface area contributed by atoms with Gasteiger partial charge in [0.15, 0.2) is 0 Å². The van der Waals surface area contributed by atoms with Crippen LogP contribution in [-0.2, 0) is 6.42 Å². The van der Waals surface area contributed by atoms with Gasteiger partial charge >= 0.3 is 0 Å². The summed E-state index contributed by atoms with van der Waals surface area (Å²) in [6.45, 7) is 0. The molecule has 0 unspecified atom stereocenters. The fourth-order valence-electron chi connectivity index (χ4n) is 1.69. The monoisotopic (exact) mass is 273 g/mol. The van der Waals surface area contributed by atoms with Gasteiger partial charge in [-0.1, -0.05) is 42.1 Å². The van der Waals surface area contributed by atoms with Gasteiger partial charge in [-0.25, -0.2) is 0 Å². The maximum atomic E-state index is 8.21. The van der Waals surface area contributed by atoms with Crippen molar-refractivity contribution in [2.75, 3.05) is 0 Å². The summed E-state index contributed by atoms with van der Waals surface area (Å²) in [5, 5.41) is 12.6. The van der Waals surface area contributed by atoms with Crippen molar-refractivity contribution in [3.63, 3.8) is 0 Å². The molecule has 0 spiro atoms. The number of nitrogens with zero attached hydrogens (tertiary/aromatic N) is 1. The first-order valence-electron chi connectivity index (χ1n) is 5.84. The quantitative estimate of drug-likeness (QED) is 0.324. The third-order valence-corrected chi connectivity index (χ3v) is 3.21. The zero-order chi connectivity index (χ0) is 12.5. The lowest BCUT2D eigenvalue weighted by molar-refractivity contribution is 0.320. The normalized spacial score (nSPS) is 11.2. The topological polar surface area (TPSA) is 32.6 Å². The van der Waals surface area contributed by atoms with E-state index in [9.17, 15) is 0 Å². The van der Waals surface area contributed by atoms with Gasteiger partial charge in [0.1, 0.15) is 0 Å². The summed E-state index contributed by atoms with van der Waals surface area (Å²) < 4.78 is 0. The van der Waals surface area contributed by atoms with Crippen molar-refractivity contribution in [3.05, 3.63) is 33.8 Å². The van der Waals surface area contributed by atoms with Crippen LogP contribution in [0, 0.1) is 0 Å². The van der Waals surface area contributed by atoms with Gasteiger partial charge in [-0.2, -0.15) is 0 Å². The highest BCUT2D eigenvalue weighted by atomic mass is 35.5. The Labute approximate surface area is 112 Å². The fraction of sp³-hybridized carbons (Fsp3) is 0.462. The van der Waals surface area contributed by atoms with Crippen molar-refractivity contribution in [1.82, 2.24) is 0 Å². The van der Waals surface area contributed by atoms with Crippen LogP contribution in [0.25, 0.3) is 0 Å². The number of hydrogen-bond acceptors (Lipinski definition) is 2. The van der Waals surface area contributed by atoms with Crippen LogP contribution in [0.4, 0.5) is 0 Å². The Morgan fingerprint density at radius 1 is 1.12 bits per heavy atom. The minimum atomic E-state index is 0.682. The fourth-order valence-corrected chi connectivity index (χ4v) is 2.19. The average molecular weight is 274 g/mol. The van der Waals surface area contributed by atoms with E-state index < -0.39 is 0 Å². The third-order valence-electron chi connectivity index (χ3n) is 2.63. The maximum absolute atomic E-state index is 8.21. The second-order valence-corrected chi connectivity index (χ2v) is 4.83. The van der Waals surface area contributed by atoms with E-state index in [4.69, 9.17) is 28.4 Å². The summed E-state index contributed by atoms with van der Waals surface area (Å²) in [7, 11) is 0. The molecule has 0 fully saturated rings. The highest BCUT2D eigenvalue weighted by Gasteiger charge is 2.00. The van der Waals surface area contributed by atoms with Crippen LogP contribution in [0.3, 0.4) is 0 Å². The summed E-state index contributed by atoms with van der Waals surface area (Å²) in [6.07, 6.45) is 7.88. The van der Waals surface area contributed by atoms with Gasteiger partial charge in [0.05, 0.1) is 0 Å². The summed E-state index contributed by atoms with van der Waals surface area (Å²) in [5.74, 6) is 0. The summed E-state index contributed by atoms with van der Waals surface area (Å²) in [5.41, 5.74) is 1.16. The molecule has 0 saturated heterocycles. The summed E-state index contributed by atoms with van der Waals surface area (Å²) in [6, 6.07) is 5.65. The van der Waals surface area contributed by atoms with Gasteiger partial charge in [0.2, 0.25) is 0 Å². The van der Waals surface area contributed by atoms with Crippen LogP contribution in [0.2, 0.25) is 10.0 Å². The zero-order valence-electron chi connectivity index (χ0n) is 9.70. The van der Waals surface area contributed by atoms with Crippen molar-refractivity contribution >= 4 is 29.4 Å². The van der Waals surface area contributed by atoms with Crippen LogP contribution < -0.4 is 0 Å². The van der Waals surface area contributed by atoms with Crippen molar-refractivity contribution in [2.45, 2.75) is 38.5 Å². The average Bonchev–Trinajstić information content (AvgIpc) is 2.30. The van der Waals surface area contributed by atoms with Crippen LogP contribution in [0.1, 0.15) is 37.7 Å². The van der Waals surface area contributed by atoms with Crippen LogP contribution >= 0.6 is 23.2 Å². The maximum Gasteiger partial charge on any atom is 0.0452 e. The lowest BCUT2D eigenvalue weighted by atomic mass is 10.1. The molecule has 4 heteroatoms. The number of oxime groups is 1. The Hall–Kier alpha value is -0.730. The van der Waals surface area contributed by atoms with E-state index in [0.29, 0.717) is 5.02 Å². The van der Waals surface area contributed by atoms with E-state index in [2.05, 4.69) is 5.16 Å². The van der Waals surface area contributed by atoms with Gasteiger partial charge in [-0.15, -0.1) is 5.16 Å². The smallest absolute Gasteiger partial charge is 0.0452 e. The Morgan fingerprint density at radius 3 is 2.59 bits per heavy atom. The second kappa shape index (κ2) is 8.37. The molecule has 0 aromatic heterocycles. The highest BCUT2D eigenvalue weighted by molar-refractivity contribution is 6.35. The molecular weight excluding hydrogens is 257 g/mol. The lowest BCUT2D eigenvalue weighted by Crippen LogP contribution is -1.88. The number of unbranched alkanes of at least 4 members (excludes halogenated alkanes) is 4. The first-order valence-corrected chi connectivity index (χ1v) is 6.59. The molecule has 0 atom stereocenters. The van der Waals surface area contributed by atoms with E-state index >= 15 is 0 Å². The van der Waals surface area contributed by atoms with Gasteiger partial charge in [-0.05, 0) is 43.4 Å². The predicted octanol–water partition coefficient (Wildman–Crippen LogP) is 4.95. The van der Waals surface area contributed by atoms with Crippen molar-refractivity contribution in [3.8, 4) is 0 Å². The SMILES string of the molecule is ON=CCCCCCCc1ccc(Cl)cc1Cl. The third kappa shape index (κ3) is 5.94. The van der Waals surface area contributed by atoms with Gasteiger partial charge in [0, 0.05) is 16.3 Å². The van der Waals surface area contributed by atoms with E-state index in [-0.39, 0.29) is 0 Å². The summed E-state index contributed by atoms with van der Waals surface area (Å²) >= 11 is 11.9. The van der Waals surface area contributed by atoms with Gasteiger partial charge in [0.25, 0.3) is 0 Å². The van der Waals surface area contributed by atoms with Crippen molar-refractivity contribution in [2.24, 2.45) is 5.16 Å². The van der Waals surface area contributed by atoms with E-state index in [1.807, 2.05) is 12.1 Å². The Bertz CT molecular complexity index is 366. The Kier molecular flexibility index (Phi) is 7.06. The minimum absolute atomic E-state index is 0.682. The lowest BCUT2D eigenvalue weighted by Gasteiger charge is -2.04. The first-order chi connectivity index (χ1) is 8.24. The standard InChI is InChI=1S/C13H17Cl2NO/c14-12-8-7-11(13(15)10-12)6-4-2-1-3-5-9-16-17/h7-10,17H,1-6H2. The number of halogens is 2. The van der Waals surface area contributed by atoms with Crippen molar-refractivity contribution < 1.29 is 5.21 Å². The van der Waals surface area contributed by atoms with Crippen LogP contribution in [0.15, 0.2) is 23.4 Å². The molecule has 0 aliphatic carbocycles. The number of hydrogen-bond donors (Lipinski definition) is 1. The molecule has 1 aromatic carbocycles. The molecular formula is C13H17Cl2NO. The predicted molar refractivity (Wildman–Crippen MR) is 73.5 cm³/mol. The molecule has 1 aromatic rings. The Balaban J connectivity index is 2.18. The molecule has 2 nitrogen and oxygen atoms in total. The first kappa shape index (κ1) is 14.3. The summed E-state index contributed by atoms with van der Waals surface area (Å²) in [4.78, 5) is 0.